The van der Waals surface area contributed by atoms with Gasteiger partial charge in [0.25, 0.3) is 0 Å². The normalized spacial score (nSPS) is 17.8. The number of hydrogen-bond acceptors (Lipinski definition) is 1. The Morgan fingerprint density at radius 3 is 2.22 bits per heavy atom. The molecule has 0 heterocycles. The highest BCUT2D eigenvalue weighted by molar-refractivity contribution is 5.24. The molecule has 0 radical (unpaired) electrons. The first kappa shape index (κ1) is 13.4. The molecule has 0 spiro atoms. The molecule has 18 heavy (non-hydrogen) atoms. The van der Waals surface area contributed by atoms with Crippen LogP contribution in [0.3, 0.4) is 0 Å². The van der Waals surface area contributed by atoms with E-state index in [1.165, 1.54) is 19.3 Å². The van der Waals surface area contributed by atoms with Gasteiger partial charge in [0.15, 0.2) is 0 Å². The van der Waals surface area contributed by atoms with Crippen molar-refractivity contribution in [3.63, 3.8) is 0 Å². The van der Waals surface area contributed by atoms with Crippen LogP contribution in [0.15, 0.2) is 24.3 Å². The predicted octanol–water partition coefficient (Wildman–Crippen LogP) is 3.99. The molecule has 0 saturated heterocycles. The summed E-state index contributed by atoms with van der Waals surface area (Å²) in [6.45, 7) is 3.79. The fourth-order valence-electron chi connectivity index (χ4n) is 2.12. The molecule has 1 fully saturated rings. The lowest BCUT2D eigenvalue weighted by Gasteiger charge is -2.13. The molecule has 0 unspecified atom stereocenters. The van der Waals surface area contributed by atoms with Crippen molar-refractivity contribution in [2.24, 2.45) is 5.41 Å². The molecule has 1 saturated carbocycles. The first-order chi connectivity index (χ1) is 8.45. The Kier molecular flexibility index (Phi) is 3.66. The first-order valence-corrected chi connectivity index (χ1v) is 6.32. The molecular weight excluding hydrogens is 239 g/mol. The van der Waals surface area contributed by atoms with Crippen LogP contribution < -0.4 is 5.32 Å². The maximum atomic E-state index is 12.4. The van der Waals surface area contributed by atoms with Crippen LogP contribution in [0.5, 0.6) is 0 Å². The molecule has 2 rings (SSSR count). The third-order valence-corrected chi connectivity index (χ3v) is 3.82. The molecular formula is C14H18F3N. The van der Waals surface area contributed by atoms with Gasteiger partial charge in [0.05, 0.1) is 5.56 Å². The zero-order valence-electron chi connectivity index (χ0n) is 10.5. The van der Waals surface area contributed by atoms with Gasteiger partial charge in [-0.1, -0.05) is 19.1 Å². The van der Waals surface area contributed by atoms with Gasteiger partial charge in [0.1, 0.15) is 0 Å². The van der Waals surface area contributed by atoms with Gasteiger partial charge in [0.2, 0.25) is 0 Å². The number of halogens is 3. The van der Waals surface area contributed by atoms with E-state index < -0.39 is 11.7 Å². The summed E-state index contributed by atoms with van der Waals surface area (Å²) in [6, 6.07) is 5.37. The smallest absolute Gasteiger partial charge is 0.312 e. The van der Waals surface area contributed by atoms with E-state index in [0.29, 0.717) is 12.0 Å². The Hall–Kier alpha value is -1.03. The quantitative estimate of drug-likeness (QED) is 0.841. The highest BCUT2D eigenvalue weighted by Gasteiger charge is 2.39. The molecule has 1 aromatic carbocycles. The van der Waals surface area contributed by atoms with Crippen molar-refractivity contribution in [1.29, 1.82) is 0 Å². The maximum absolute atomic E-state index is 12.4. The van der Waals surface area contributed by atoms with E-state index in [4.69, 9.17) is 0 Å². The number of nitrogens with one attached hydrogen (secondary N) is 1. The molecule has 1 aliphatic carbocycles. The van der Waals surface area contributed by atoms with Gasteiger partial charge in [-0.2, -0.15) is 13.2 Å². The summed E-state index contributed by atoms with van der Waals surface area (Å²) in [7, 11) is 0. The van der Waals surface area contributed by atoms with Crippen molar-refractivity contribution in [2.75, 3.05) is 6.54 Å². The summed E-state index contributed by atoms with van der Waals surface area (Å²) in [4.78, 5) is 0. The van der Waals surface area contributed by atoms with E-state index >= 15 is 0 Å². The van der Waals surface area contributed by atoms with Crippen molar-refractivity contribution in [1.82, 2.24) is 5.32 Å². The average molecular weight is 257 g/mol. The Bertz CT molecular complexity index is 390. The van der Waals surface area contributed by atoms with Gasteiger partial charge in [-0.25, -0.2) is 0 Å². The SMILES string of the molecule is CCC1(CNCc2ccc(C(F)(F)F)cc2)CC1. The molecule has 1 nitrogen and oxygen atoms in total. The van der Waals surface area contributed by atoms with Crippen LogP contribution in [-0.4, -0.2) is 6.54 Å². The van der Waals surface area contributed by atoms with E-state index in [1.54, 1.807) is 12.1 Å². The van der Waals surface area contributed by atoms with Crippen LogP contribution in [0, 0.1) is 5.41 Å². The Morgan fingerprint density at radius 2 is 1.78 bits per heavy atom. The second-order valence-corrected chi connectivity index (χ2v) is 5.15. The topological polar surface area (TPSA) is 12.0 Å². The fraction of sp³-hybridized carbons (Fsp3) is 0.571. The van der Waals surface area contributed by atoms with Gasteiger partial charge in [-0.05, 0) is 42.4 Å². The zero-order chi connectivity index (χ0) is 13.2. The molecule has 0 atom stereocenters. The molecule has 1 N–H and O–H groups in total. The molecule has 1 aromatic rings. The second kappa shape index (κ2) is 4.92. The van der Waals surface area contributed by atoms with Crippen LogP contribution in [0.25, 0.3) is 0 Å². The Balaban J connectivity index is 1.83. The van der Waals surface area contributed by atoms with Crippen LogP contribution >= 0.6 is 0 Å². The number of rotatable bonds is 5. The second-order valence-electron chi connectivity index (χ2n) is 5.15. The predicted molar refractivity (Wildman–Crippen MR) is 65.1 cm³/mol. The third kappa shape index (κ3) is 3.25. The molecule has 0 aliphatic heterocycles. The lowest BCUT2D eigenvalue weighted by atomic mass is 10.0. The van der Waals surface area contributed by atoms with Gasteiger partial charge in [-0.15, -0.1) is 0 Å². The van der Waals surface area contributed by atoms with Crippen molar-refractivity contribution in [3.05, 3.63) is 35.4 Å². The highest BCUT2D eigenvalue weighted by atomic mass is 19.4. The Morgan fingerprint density at radius 1 is 1.17 bits per heavy atom. The van der Waals surface area contributed by atoms with Crippen molar-refractivity contribution in [3.8, 4) is 0 Å². The van der Waals surface area contributed by atoms with E-state index in [9.17, 15) is 13.2 Å². The van der Waals surface area contributed by atoms with Crippen LogP contribution in [0.1, 0.15) is 37.3 Å². The standard InChI is InChI=1S/C14H18F3N/c1-2-13(7-8-13)10-18-9-11-3-5-12(6-4-11)14(15,16)17/h3-6,18H,2,7-10H2,1H3. The minimum atomic E-state index is -4.24. The number of benzene rings is 1. The average Bonchev–Trinajstić information content (AvgIpc) is 3.09. The van der Waals surface area contributed by atoms with E-state index in [1.807, 2.05) is 0 Å². The van der Waals surface area contributed by atoms with Crippen LogP contribution in [0.4, 0.5) is 13.2 Å². The van der Waals surface area contributed by atoms with Gasteiger partial charge >= 0.3 is 6.18 Å². The maximum Gasteiger partial charge on any atom is 0.416 e. The van der Waals surface area contributed by atoms with E-state index in [-0.39, 0.29) is 0 Å². The summed E-state index contributed by atoms with van der Waals surface area (Å²) < 4.78 is 37.1. The zero-order valence-corrected chi connectivity index (χ0v) is 10.5. The molecule has 1 aliphatic rings. The first-order valence-electron chi connectivity index (χ1n) is 6.32. The summed E-state index contributed by atoms with van der Waals surface area (Å²) in [5, 5.41) is 3.33. The van der Waals surface area contributed by atoms with Crippen LogP contribution in [-0.2, 0) is 12.7 Å². The highest BCUT2D eigenvalue weighted by Crippen LogP contribution is 2.47. The summed E-state index contributed by atoms with van der Waals surface area (Å²) in [5.74, 6) is 0. The minimum absolute atomic E-state index is 0.464. The van der Waals surface area contributed by atoms with Crippen molar-refractivity contribution >= 4 is 0 Å². The molecule has 0 aromatic heterocycles. The lowest BCUT2D eigenvalue weighted by molar-refractivity contribution is -0.137. The third-order valence-electron chi connectivity index (χ3n) is 3.82. The molecule has 100 valence electrons. The van der Waals surface area contributed by atoms with Gasteiger partial charge in [0, 0.05) is 13.1 Å². The van der Waals surface area contributed by atoms with Crippen LogP contribution in [0.2, 0.25) is 0 Å². The van der Waals surface area contributed by atoms with Gasteiger partial charge < -0.3 is 5.32 Å². The summed E-state index contributed by atoms with van der Waals surface area (Å²) in [6.07, 6.45) is -0.535. The fourth-order valence-corrected chi connectivity index (χ4v) is 2.12. The monoisotopic (exact) mass is 257 g/mol. The molecule has 0 amide bonds. The van der Waals surface area contributed by atoms with Gasteiger partial charge in [-0.3, -0.25) is 0 Å². The summed E-state index contributed by atoms with van der Waals surface area (Å²) in [5.41, 5.74) is 0.778. The molecule has 0 bridgehead atoms. The van der Waals surface area contributed by atoms with E-state index in [2.05, 4.69) is 12.2 Å². The number of alkyl halides is 3. The summed E-state index contributed by atoms with van der Waals surface area (Å²) >= 11 is 0. The minimum Gasteiger partial charge on any atom is -0.312 e. The van der Waals surface area contributed by atoms with Crippen molar-refractivity contribution < 1.29 is 13.2 Å². The largest absolute Gasteiger partial charge is 0.416 e. The number of hydrogen-bond donors (Lipinski definition) is 1. The van der Waals surface area contributed by atoms with Crippen molar-refractivity contribution in [2.45, 2.75) is 38.9 Å². The molecule has 4 heteroatoms. The Labute approximate surface area is 105 Å². The lowest BCUT2D eigenvalue weighted by Crippen LogP contribution is -2.23. The van der Waals surface area contributed by atoms with E-state index in [0.717, 1.165) is 24.2 Å².